The van der Waals surface area contributed by atoms with Crippen LogP contribution >= 0.6 is 27.3 Å². The minimum absolute atomic E-state index is 0.198. The van der Waals surface area contributed by atoms with Gasteiger partial charge in [0.25, 0.3) is 0 Å². The summed E-state index contributed by atoms with van der Waals surface area (Å²) < 4.78 is 7.96. The molecule has 0 N–H and O–H groups in total. The number of benzene rings is 1. The Labute approximate surface area is 164 Å². The monoisotopic (exact) mass is 431 g/mol. The van der Waals surface area contributed by atoms with E-state index in [4.69, 9.17) is 4.74 Å². The van der Waals surface area contributed by atoms with E-state index in [1.54, 1.807) is 29.5 Å². The summed E-state index contributed by atoms with van der Waals surface area (Å²) in [4.78, 5) is 25.9. The number of ketones is 1. The molecule has 0 unspecified atom stereocenters. The second-order valence-electron chi connectivity index (χ2n) is 5.93. The van der Waals surface area contributed by atoms with Crippen LogP contribution in [-0.4, -0.2) is 22.9 Å². The molecule has 6 heteroatoms. The van der Waals surface area contributed by atoms with Crippen LogP contribution in [0.25, 0.3) is 0 Å². The molecule has 0 aliphatic heterocycles. The van der Waals surface area contributed by atoms with E-state index in [1.165, 1.54) is 4.88 Å². The van der Waals surface area contributed by atoms with Crippen LogP contribution in [0.15, 0.2) is 52.3 Å². The van der Waals surface area contributed by atoms with Crippen molar-refractivity contribution in [2.75, 3.05) is 6.61 Å². The fourth-order valence-electron chi connectivity index (χ4n) is 2.80. The maximum absolute atomic E-state index is 12.6. The average Bonchev–Trinajstić information content (AvgIpc) is 3.23. The topological polar surface area (TPSA) is 48.3 Å². The standard InChI is InChI=1S/C20H18BrNO3S/c1-13-10-17(14(2)22(13)11-15-6-5-9-26-15)19(23)12-25-20(24)16-7-3-4-8-18(16)21/h3-10H,11-12H2,1-2H3. The Bertz CT molecular complexity index is 944. The van der Waals surface area contributed by atoms with Crippen molar-refractivity contribution in [3.05, 3.63) is 79.7 Å². The molecule has 1 aromatic carbocycles. The molecule has 26 heavy (non-hydrogen) atoms. The molecule has 4 nitrogen and oxygen atoms in total. The van der Waals surface area contributed by atoms with Crippen molar-refractivity contribution in [2.24, 2.45) is 0 Å². The number of ether oxygens (including phenoxy) is 1. The third-order valence-corrected chi connectivity index (χ3v) is 5.75. The number of carbonyl (C=O) groups excluding carboxylic acids is 2. The van der Waals surface area contributed by atoms with Crippen molar-refractivity contribution in [1.29, 1.82) is 0 Å². The Kier molecular flexibility index (Phi) is 5.74. The molecule has 0 radical (unpaired) electrons. The summed E-state index contributed by atoms with van der Waals surface area (Å²) >= 11 is 5.00. The largest absolute Gasteiger partial charge is 0.454 e. The van der Waals surface area contributed by atoms with Gasteiger partial charge in [0, 0.05) is 26.3 Å². The van der Waals surface area contributed by atoms with E-state index in [2.05, 4.69) is 26.6 Å². The molecular weight excluding hydrogens is 414 g/mol. The Morgan fingerprint density at radius 1 is 1.12 bits per heavy atom. The van der Waals surface area contributed by atoms with Crippen LogP contribution in [0.1, 0.15) is 37.0 Å². The van der Waals surface area contributed by atoms with E-state index in [1.807, 2.05) is 37.4 Å². The van der Waals surface area contributed by atoms with Gasteiger partial charge in [0.2, 0.25) is 5.78 Å². The quantitative estimate of drug-likeness (QED) is 0.406. The van der Waals surface area contributed by atoms with Gasteiger partial charge in [-0.1, -0.05) is 18.2 Å². The van der Waals surface area contributed by atoms with Gasteiger partial charge < -0.3 is 9.30 Å². The van der Waals surface area contributed by atoms with Crippen LogP contribution in [0.3, 0.4) is 0 Å². The normalized spacial score (nSPS) is 10.7. The van der Waals surface area contributed by atoms with Gasteiger partial charge >= 0.3 is 5.97 Å². The number of Topliss-reactive ketones (excluding diaryl/α,β-unsaturated/α-hetero) is 1. The first kappa shape index (κ1) is 18.6. The van der Waals surface area contributed by atoms with Gasteiger partial charge in [0.05, 0.1) is 12.1 Å². The second kappa shape index (κ2) is 8.01. The maximum atomic E-state index is 12.6. The summed E-state index contributed by atoms with van der Waals surface area (Å²) in [6.07, 6.45) is 0. The van der Waals surface area contributed by atoms with Crippen LogP contribution in [0.2, 0.25) is 0 Å². The zero-order valence-corrected chi connectivity index (χ0v) is 16.9. The zero-order valence-electron chi connectivity index (χ0n) is 14.5. The van der Waals surface area contributed by atoms with Crippen molar-refractivity contribution in [3.8, 4) is 0 Å². The number of esters is 1. The predicted octanol–water partition coefficient (Wildman–Crippen LogP) is 5.02. The smallest absolute Gasteiger partial charge is 0.339 e. The number of hydrogen-bond acceptors (Lipinski definition) is 4. The van der Waals surface area contributed by atoms with Crippen molar-refractivity contribution >= 4 is 39.0 Å². The molecule has 134 valence electrons. The number of hydrogen-bond donors (Lipinski definition) is 0. The lowest BCUT2D eigenvalue weighted by Crippen LogP contribution is -2.15. The Balaban J connectivity index is 1.70. The van der Waals surface area contributed by atoms with E-state index in [0.29, 0.717) is 15.6 Å². The fraction of sp³-hybridized carbons (Fsp3) is 0.200. The molecule has 0 fully saturated rings. The lowest BCUT2D eigenvalue weighted by molar-refractivity contribution is 0.0473. The summed E-state index contributed by atoms with van der Waals surface area (Å²) in [6, 6.07) is 12.9. The minimum Gasteiger partial charge on any atom is -0.454 e. The van der Waals surface area contributed by atoms with Gasteiger partial charge in [-0.3, -0.25) is 4.79 Å². The van der Waals surface area contributed by atoms with Crippen LogP contribution < -0.4 is 0 Å². The Morgan fingerprint density at radius 3 is 2.58 bits per heavy atom. The summed E-state index contributed by atoms with van der Waals surface area (Å²) in [6.45, 7) is 4.36. The SMILES string of the molecule is Cc1cc(C(=O)COC(=O)c2ccccc2Br)c(C)n1Cc1cccs1. The van der Waals surface area contributed by atoms with E-state index < -0.39 is 5.97 Å². The number of aromatic nitrogens is 1. The number of nitrogens with zero attached hydrogens (tertiary/aromatic N) is 1. The highest BCUT2D eigenvalue weighted by Gasteiger charge is 2.19. The summed E-state index contributed by atoms with van der Waals surface area (Å²) in [5.41, 5.74) is 2.90. The summed E-state index contributed by atoms with van der Waals surface area (Å²) in [5, 5.41) is 2.04. The van der Waals surface area contributed by atoms with Crippen molar-refractivity contribution < 1.29 is 14.3 Å². The van der Waals surface area contributed by atoms with E-state index in [9.17, 15) is 9.59 Å². The first-order valence-corrected chi connectivity index (χ1v) is 9.78. The van der Waals surface area contributed by atoms with Crippen LogP contribution in [0.4, 0.5) is 0 Å². The van der Waals surface area contributed by atoms with E-state index in [0.717, 1.165) is 17.9 Å². The highest BCUT2D eigenvalue weighted by molar-refractivity contribution is 9.10. The van der Waals surface area contributed by atoms with Gasteiger partial charge in [-0.15, -0.1) is 11.3 Å². The molecule has 0 aliphatic rings. The molecule has 0 amide bonds. The van der Waals surface area contributed by atoms with Crippen LogP contribution in [0, 0.1) is 13.8 Å². The predicted molar refractivity (Wildman–Crippen MR) is 106 cm³/mol. The highest BCUT2D eigenvalue weighted by Crippen LogP contribution is 2.21. The third kappa shape index (κ3) is 3.97. The van der Waals surface area contributed by atoms with Gasteiger partial charge in [0.1, 0.15) is 0 Å². The number of halogens is 1. The van der Waals surface area contributed by atoms with Crippen molar-refractivity contribution in [2.45, 2.75) is 20.4 Å². The first-order chi connectivity index (χ1) is 12.5. The minimum atomic E-state index is -0.516. The molecule has 2 aromatic heterocycles. The number of rotatable bonds is 6. The second-order valence-corrected chi connectivity index (χ2v) is 7.82. The van der Waals surface area contributed by atoms with E-state index in [-0.39, 0.29) is 12.4 Å². The van der Waals surface area contributed by atoms with Gasteiger partial charge in [-0.05, 0) is 59.4 Å². The van der Waals surface area contributed by atoms with Crippen LogP contribution in [0.5, 0.6) is 0 Å². The maximum Gasteiger partial charge on any atom is 0.339 e. The summed E-state index contributed by atoms with van der Waals surface area (Å²) in [7, 11) is 0. The van der Waals surface area contributed by atoms with Gasteiger partial charge in [0.15, 0.2) is 6.61 Å². The lowest BCUT2D eigenvalue weighted by atomic mass is 10.1. The Morgan fingerprint density at radius 2 is 1.88 bits per heavy atom. The average molecular weight is 432 g/mol. The van der Waals surface area contributed by atoms with Crippen LogP contribution in [-0.2, 0) is 11.3 Å². The molecule has 0 atom stereocenters. The molecule has 0 aliphatic carbocycles. The fourth-order valence-corrected chi connectivity index (χ4v) is 3.94. The molecule has 3 aromatic rings. The molecule has 3 rings (SSSR count). The first-order valence-electron chi connectivity index (χ1n) is 8.11. The zero-order chi connectivity index (χ0) is 18.7. The number of carbonyl (C=O) groups is 2. The van der Waals surface area contributed by atoms with Gasteiger partial charge in [-0.2, -0.15) is 0 Å². The highest BCUT2D eigenvalue weighted by atomic mass is 79.9. The van der Waals surface area contributed by atoms with Gasteiger partial charge in [-0.25, -0.2) is 4.79 Å². The van der Waals surface area contributed by atoms with Crippen molar-refractivity contribution in [3.63, 3.8) is 0 Å². The molecular formula is C20H18BrNO3S. The lowest BCUT2D eigenvalue weighted by Gasteiger charge is -2.09. The van der Waals surface area contributed by atoms with Crippen molar-refractivity contribution in [1.82, 2.24) is 4.57 Å². The molecule has 0 saturated carbocycles. The molecule has 0 bridgehead atoms. The third-order valence-electron chi connectivity index (χ3n) is 4.20. The Hall–Kier alpha value is -2.18. The number of aryl methyl sites for hydroxylation is 1. The molecule has 0 spiro atoms. The molecule has 0 saturated heterocycles. The molecule has 2 heterocycles. The number of thiophene rings is 1. The summed E-state index contributed by atoms with van der Waals surface area (Å²) in [5.74, 6) is -0.714. The van der Waals surface area contributed by atoms with E-state index >= 15 is 0 Å².